The van der Waals surface area contributed by atoms with E-state index in [1.165, 1.54) is 6.21 Å². The Balaban J connectivity index is 2.48. The van der Waals surface area contributed by atoms with Crippen LogP contribution in [0.3, 0.4) is 0 Å². The van der Waals surface area contributed by atoms with Crippen molar-refractivity contribution in [3.63, 3.8) is 0 Å². The van der Waals surface area contributed by atoms with Crippen LogP contribution in [0, 0.1) is 0 Å². The van der Waals surface area contributed by atoms with E-state index in [9.17, 15) is 0 Å². The molecule has 1 N–H and O–H groups in total. The zero-order chi connectivity index (χ0) is 8.10. The van der Waals surface area contributed by atoms with Gasteiger partial charge in [-0.05, 0) is 12.0 Å². The monoisotopic (exact) mass is 156 g/mol. The number of hydroxylamine groups is 2. The maximum absolute atomic E-state index is 8.25. The van der Waals surface area contributed by atoms with Gasteiger partial charge >= 0.3 is 0 Å². The van der Waals surface area contributed by atoms with Crippen molar-refractivity contribution < 1.29 is 10.0 Å². The minimum Gasteiger partial charge on any atom is -0.411 e. The largest absolute Gasteiger partial charge is 0.411 e. The summed E-state index contributed by atoms with van der Waals surface area (Å²) in [5, 5.41) is 13.0. The minimum absolute atomic E-state index is 0.695. The van der Waals surface area contributed by atoms with E-state index in [0.717, 1.165) is 18.5 Å². The molecule has 1 heterocycles. The van der Waals surface area contributed by atoms with Gasteiger partial charge in [-0.2, -0.15) is 5.06 Å². The summed E-state index contributed by atoms with van der Waals surface area (Å²) < 4.78 is 0. The van der Waals surface area contributed by atoms with E-state index in [-0.39, 0.29) is 0 Å². The molecule has 0 aromatic heterocycles. The highest BCUT2D eigenvalue weighted by Gasteiger charge is 2.09. The summed E-state index contributed by atoms with van der Waals surface area (Å²) >= 11 is 0. The van der Waals surface area contributed by atoms with Gasteiger partial charge in [0.2, 0.25) is 0 Å². The van der Waals surface area contributed by atoms with Crippen molar-refractivity contribution in [2.75, 3.05) is 20.2 Å². The van der Waals surface area contributed by atoms with Gasteiger partial charge in [0.1, 0.15) is 0 Å². The molecule has 4 heteroatoms. The lowest BCUT2D eigenvalue weighted by Crippen LogP contribution is -2.29. The summed E-state index contributed by atoms with van der Waals surface area (Å²) in [5.74, 6) is 0. The minimum atomic E-state index is 0.695. The van der Waals surface area contributed by atoms with Crippen molar-refractivity contribution >= 4 is 6.21 Å². The summed E-state index contributed by atoms with van der Waals surface area (Å²) in [5.41, 5.74) is 0.987. The number of rotatable bonds is 2. The Hall–Kier alpha value is -0.870. The summed E-state index contributed by atoms with van der Waals surface area (Å²) in [7, 11) is 1.64. The molecule has 0 unspecified atom stereocenters. The van der Waals surface area contributed by atoms with Crippen molar-refractivity contribution in [3.8, 4) is 0 Å². The molecule has 0 radical (unpaired) electrons. The third-order valence-corrected chi connectivity index (χ3v) is 1.63. The summed E-state index contributed by atoms with van der Waals surface area (Å²) in [6.07, 6.45) is 4.41. The third-order valence-electron chi connectivity index (χ3n) is 1.63. The normalized spacial score (nSPS) is 20.6. The molecule has 0 aliphatic carbocycles. The van der Waals surface area contributed by atoms with Crippen LogP contribution < -0.4 is 0 Å². The lowest BCUT2D eigenvalue weighted by molar-refractivity contribution is -0.124. The topological polar surface area (TPSA) is 45.1 Å². The molecule has 0 bridgehead atoms. The summed E-state index contributed by atoms with van der Waals surface area (Å²) in [4.78, 5) is 5.02. The van der Waals surface area contributed by atoms with E-state index >= 15 is 0 Å². The van der Waals surface area contributed by atoms with Crippen LogP contribution >= 0.6 is 0 Å². The number of hydrogen-bond acceptors (Lipinski definition) is 4. The first kappa shape index (κ1) is 8.23. The number of oxime groups is 1. The number of hydrogen-bond donors (Lipinski definition) is 1. The van der Waals surface area contributed by atoms with Gasteiger partial charge < -0.3 is 10.0 Å². The van der Waals surface area contributed by atoms with Crippen molar-refractivity contribution in [1.29, 1.82) is 0 Å². The Kier molecular flexibility index (Phi) is 3.07. The lowest BCUT2D eigenvalue weighted by Gasteiger charge is -2.22. The van der Waals surface area contributed by atoms with Crippen LogP contribution in [0.4, 0.5) is 0 Å². The van der Waals surface area contributed by atoms with Crippen LogP contribution in [0.2, 0.25) is 0 Å². The van der Waals surface area contributed by atoms with Crippen LogP contribution in [-0.2, 0) is 4.84 Å². The molecular formula is C7H12N2O2. The fraction of sp³-hybridized carbons (Fsp3) is 0.571. The predicted octanol–water partition coefficient (Wildman–Crippen LogP) is 0.640. The molecule has 0 aromatic carbocycles. The first-order valence-electron chi connectivity index (χ1n) is 3.52. The molecule has 1 rings (SSSR count). The van der Waals surface area contributed by atoms with E-state index in [1.54, 1.807) is 7.11 Å². The van der Waals surface area contributed by atoms with Crippen molar-refractivity contribution in [2.24, 2.45) is 5.16 Å². The average Bonchev–Trinajstić information content (AvgIpc) is 2.06. The van der Waals surface area contributed by atoms with Crippen LogP contribution in [0.1, 0.15) is 6.42 Å². The zero-order valence-electron chi connectivity index (χ0n) is 6.53. The van der Waals surface area contributed by atoms with E-state index in [4.69, 9.17) is 10.0 Å². The molecule has 0 atom stereocenters. The predicted molar refractivity (Wildman–Crippen MR) is 41.6 cm³/mol. The summed E-state index contributed by atoms with van der Waals surface area (Å²) in [6.45, 7) is 1.60. The Morgan fingerprint density at radius 2 is 2.64 bits per heavy atom. The maximum Gasteiger partial charge on any atom is 0.0704 e. The van der Waals surface area contributed by atoms with E-state index in [2.05, 4.69) is 5.16 Å². The fourth-order valence-corrected chi connectivity index (χ4v) is 1.06. The number of nitrogens with zero attached hydrogens (tertiary/aromatic N) is 2. The summed E-state index contributed by atoms with van der Waals surface area (Å²) in [6, 6.07) is 0. The van der Waals surface area contributed by atoms with E-state index in [1.807, 2.05) is 11.1 Å². The van der Waals surface area contributed by atoms with E-state index in [0.29, 0.717) is 6.54 Å². The lowest BCUT2D eigenvalue weighted by atomic mass is 10.2. The van der Waals surface area contributed by atoms with Gasteiger partial charge in [0, 0.05) is 6.54 Å². The Bertz CT molecular complexity index is 177. The first-order valence-corrected chi connectivity index (χ1v) is 3.52. The Morgan fingerprint density at radius 3 is 3.27 bits per heavy atom. The van der Waals surface area contributed by atoms with Gasteiger partial charge in [0.15, 0.2) is 0 Å². The first-order chi connectivity index (χ1) is 5.36. The SMILES string of the molecule is CON1CCC=C(/C=N/O)C1. The van der Waals surface area contributed by atoms with Gasteiger partial charge in [-0.1, -0.05) is 11.2 Å². The van der Waals surface area contributed by atoms with Crippen LogP contribution in [0.5, 0.6) is 0 Å². The van der Waals surface area contributed by atoms with Crippen molar-refractivity contribution in [3.05, 3.63) is 11.6 Å². The average molecular weight is 156 g/mol. The highest BCUT2D eigenvalue weighted by molar-refractivity contribution is 5.78. The van der Waals surface area contributed by atoms with Crippen molar-refractivity contribution in [1.82, 2.24) is 5.06 Å². The molecule has 0 saturated heterocycles. The quantitative estimate of drug-likeness (QED) is 0.362. The van der Waals surface area contributed by atoms with Gasteiger partial charge in [0.25, 0.3) is 0 Å². The second-order valence-electron chi connectivity index (χ2n) is 2.36. The van der Waals surface area contributed by atoms with Gasteiger partial charge in [0.05, 0.1) is 19.9 Å². The molecule has 1 aliphatic heterocycles. The molecule has 0 amide bonds. The second-order valence-corrected chi connectivity index (χ2v) is 2.36. The fourth-order valence-electron chi connectivity index (χ4n) is 1.06. The molecule has 4 nitrogen and oxygen atoms in total. The zero-order valence-corrected chi connectivity index (χ0v) is 6.53. The molecule has 0 fully saturated rings. The smallest absolute Gasteiger partial charge is 0.0704 e. The Labute approximate surface area is 65.7 Å². The second kappa shape index (κ2) is 4.10. The highest BCUT2D eigenvalue weighted by Crippen LogP contribution is 2.06. The molecule has 0 aromatic rings. The highest BCUT2D eigenvalue weighted by atomic mass is 16.7. The molecule has 62 valence electrons. The molecule has 0 saturated carbocycles. The molecule has 0 spiro atoms. The van der Waals surface area contributed by atoms with Crippen LogP contribution in [-0.4, -0.2) is 36.7 Å². The Morgan fingerprint density at radius 1 is 1.82 bits per heavy atom. The third kappa shape index (κ3) is 2.32. The molecular weight excluding hydrogens is 144 g/mol. The maximum atomic E-state index is 8.25. The van der Waals surface area contributed by atoms with Gasteiger partial charge in [-0.15, -0.1) is 0 Å². The molecule has 1 aliphatic rings. The van der Waals surface area contributed by atoms with E-state index < -0.39 is 0 Å². The molecule has 11 heavy (non-hydrogen) atoms. The van der Waals surface area contributed by atoms with Crippen LogP contribution in [0.15, 0.2) is 16.8 Å². The van der Waals surface area contributed by atoms with Crippen molar-refractivity contribution in [2.45, 2.75) is 6.42 Å². The van der Waals surface area contributed by atoms with Gasteiger partial charge in [-0.25, -0.2) is 0 Å². The van der Waals surface area contributed by atoms with Gasteiger partial charge in [-0.3, -0.25) is 0 Å². The standard InChI is InChI=1S/C7H12N2O2/c1-11-9-4-2-3-7(6-9)5-8-10/h3,5,10H,2,4,6H2,1H3/b8-5+. The van der Waals surface area contributed by atoms with Crippen LogP contribution in [0.25, 0.3) is 0 Å².